The van der Waals surface area contributed by atoms with Crippen molar-refractivity contribution in [3.63, 3.8) is 0 Å². The number of amides is 1. The molecule has 0 saturated heterocycles. The molecule has 7 heteroatoms. The molecule has 0 radical (unpaired) electrons. The summed E-state index contributed by atoms with van der Waals surface area (Å²) >= 11 is 0. The average molecular weight is 291 g/mol. The molecule has 6 nitrogen and oxygen atoms in total. The van der Waals surface area contributed by atoms with Gasteiger partial charge in [0.05, 0.1) is 12.3 Å². The van der Waals surface area contributed by atoms with E-state index in [4.69, 9.17) is 4.74 Å². The van der Waals surface area contributed by atoms with E-state index in [0.717, 1.165) is 6.07 Å². The Balaban J connectivity index is 2.16. The molecule has 0 aliphatic rings. The van der Waals surface area contributed by atoms with Gasteiger partial charge in [0.1, 0.15) is 0 Å². The van der Waals surface area contributed by atoms with Gasteiger partial charge in [-0.25, -0.2) is 4.98 Å². The van der Waals surface area contributed by atoms with E-state index >= 15 is 0 Å². The lowest BCUT2D eigenvalue weighted by Crippen LogP contribution is -2.22. The van der Waals surface area contributed by atoms with Crippen molar-refractivity contribution in [3.8, 4) is 0 Å². The Bertz CT molecular complexity index is 700. The number of carbonyl (C=O) groups is 1. The van der Waals surface area contributed by atoms with Crippen LogP contribution in [0.3, 0.4) is 0 Å². The zero-order valence-electron chi connectivity index (χ0n) is 11.4. The average Bonchev–Trinajstić information content (AvgIpc) is 2.47. The fourth-order valence-electron chi connectivity index (χ4n) is 1.72. The maximum atomic E-state index is 13.0. The number of hydrogen-bond donors (Lipinski definition) is 1. The third-order valence-corrected chi connectivity index (χ3v) is 2.77. The number of anilines is 1. The fourth-order valence-corrected chi connectivity index (χ4v) is 1.72. The van der Waals surface area contributed by atoms with Gasteiger partial charge in [0.15, 0.2) is 0 Å². The number of carbonyl (C=O) groups excluding carboxylic acids is 1. The van der Waals surface area contributed by atoms with E-state index in [1.807, 2.05) is 0 Å². The van der Waals surface area contributed by atoms with Crippen LogP contribution < -0.4 is 10.9 Å². The predicted octanol–water partition coefficient (Wildman–Crippen LogP) is 1.28. The monoisotopic (exact) mass is 291 g/mol. The van der Waals surface area contributed by atoms with Crippen molar-refractivity contribution in [1.29, 1.82) is 0 Å². The number of aromatic nitrogens is 2. The topological polar surface area (TPSA) is 73.2 Å². The lowest BCUT2D eigenvalue weighted by molar-refractivity contribution is 0.102. The Labute approximate surface area is 120 Å². The Morgan fingerprint density at radius 3 is 2.95 bits per heavy atom. The van der Waals surface area contributed by atoms with Gasteiger partial charge in [0.25, 0.3) is 11.5 Å². The third-order valence-electron chi connectivity index (χ3n) is 2.77. The van der Waals surface area contributed by atoms with Gasteiger partial charge in [-0.15, -0.1) is 0 Å². The Kier molecular flexibility index (Phi) is 4.78. The Morgan fingerprint density at radius 2 is 2.24 bits per heavy atom. The highest BCUT2D eigenvalue weighted by Crippen LogP contribution is 2.08. The highest BCUT2D eigenvalue weighted by Gasteiger charge is 2.08. The maximum Gasteiger partial charge on any atom is 0.255 e. The zero-order valence-corrected chi connectivity index (χ0v) is 11.4. The van der Waals surface area contributed by atoms with Crippen molar-refractivity contribution in [3.05, 3.63) is 58.5 Å². The second-order valence-electron chi connectivity index (χ2n) is 4.26. The molecule has 1 amide bonds. The second-order valence-corrected chi connectivity index (χ2v) is 4.26. The summed E-state index contributed by atoms with van der Waals surface area (Å²) in [4.78, 5) is 27.0. The molecule has 0 unspecified atom stereocenters. The van der Waals surface area contributed by atoms with Crippen molar-refractivity contribution in [1.82, 2.24) is 9.55 Å². The number of nitrogens with one attached hydrogen (secondary N) is 1. The summed E-state index contributed by atoms with van der Waals surface area (Å²) in [7, 11) is 1.54. The van der Waals surface area contributed by atoms with E-state index in [0.29, 0.717) is 18.8 Å². The van der Waals surface area contributed by atoms with E-state index in [1.54, 1.807) is 0 Å². The molecule has 0 saturated carbocycles. The van der Waals surface area contributed by atoms with Gasteiger partial charge < -0.3 is 14.6 Å². The molecular weight excluding hydrogens is 277 g/mol. The van der Waals surface area contributed by atoms with Crippen LogP contribution >= 0.6 is 0 Å². The molecule has 2 aromatic rings. The van der Waals surface area contributed by atoms with Crippen molar-refractivity contribution in [2.75, 3.05) is 19.0 Å². The summed E-state index contributed by atoms with van der Waals surface area (Å²) in [5.74, 6) is -1.21. The minimum atomic E-state index is -0.729. The van der Waals surface area contributed by atoms with Gasteiger partial charge in [-0.3, -0.25) is 9.59 Å². The first-order chi connectivity index (χ1) is 10.1. The normalized spacial score (nSPS) is 10.4. The van der Waals surface area contributed by atoms with Crippen molar-refractivity contribution < 1.29 is 13.9 Å². The van der Waals surface area contributed by atoms with Gasteiger partial charge in [-0.05, 0) is 12.1 Å². The van der Waals surface area contributed by atoms with Crippen LogP contribution in [0.2, 0.25) is 0 Å². The summed E-state index contributed by atoms with van der Waals surface area (Å²) in [5, 5.41) is 2.60. The number of halogens is 1. The quantitative estimate of drug-likeness (QED) is 0.842. The van der Waals surface area contributed by atoms with Crippen LogP contribution in [0.4, 0.5) is 10.1 Å². The number of rotatable bonds is 5. The van der Waals surface area contributed by atoms with Crippen LogP contribution in [0.25, 0.3) is 0 Å². The summed E-state index contributed by atoms with van der Waals surface area (Å²) in [5.41, 5.74) is 0.394. The minimum Gasteiger partial charge on any atom is -0.383 e. The molecule has 0 bridgehead atoms. The lowest BCUT2D eigenvalue weighted by Gasteiger charge is -2.09. The molecule has 2 aromatic heterocycles. The molecule has 21 heavy (non-hydrogen) atoms. The van der Waals surface area contributed by atoms with E-state index in [-0.39, 0.29) is 11.1 Å². The van der Waals surface area contributed by atoms with E-state index in [9.17, 15) is 14.0 Å². The first-order valence-electron chi connectivity index (χ1n) is 6.22. The first kappa shape index (κ1) is 14.9. The highest BCUT2D eigenvalue weighted by molar-refractivity contribution is 6.04. The number of hydrogen-bond acceptors (Lipinski definition) is 4. The molecule has 0 aliphatic carbocycles. The summed E-state index contributed by atoms with van der Waals surface area (Å²) < 4.78 is 19.3. The standard InChI is InChI=1S/C14H14FN3O3/c1-21-7-6-18-9-11(2-3-13(18)19)17-14(20)10-4-5-16-12(15)8-10/h2-5,8-9H,6-7H2,1H3,(H,17,20). The molecule has 2 rings (SSSR count). The largest absolute Gasteiger partial charge is 0.383 e. The van der Waals surface area contributed by atoms with Gasteiger partial charge in [0, 0.05) is 43.7 Å². The van der Waals surface area contributed by atoms with Crippen LogP contribution in [0.5, 0.6) is 0 Å². The van der Waals surface area contributed by atoms with E-state index in [2.05, 4.69) is 10.3 Å². The van der Waals surface area contributed by atoms with Crippen LogP contribution in [-0.2, 0) is 11.3 Å². The molecule has 2 heterocycles. The number of pyridine rings is 2. The smallest absolute Gasteiger partial charge is 0.255 e. The summed E-state index contributed by atoms with van der Waals surface area (Å²) in [6, 6.07) is 5.27. The predicted molar refractivity (Wildman–Crippen MR) is 74.7 cm³/mol. The van der Waals surface area contributed by atoms with Crippen molar-refractivity contribution >= 4 is 11.6 Å². The molecule has 0 aliphatic heterocycles. The molecule has 0 aromatic carbocycles. The summed E-state index contributed by atoms with van der Waals surface area (Å²) in [6.07, 6.45) is 2.72. The number of nitrogens with zero attached hydrogens (tertiary/aromatic N) is 2. The van der Waals surface area contributed by atoms with Crippen LogP contribution in [0.1, 0.15) is 10.4 Å². The van der Waals surface area contributed by atoms with Crippen LogP contribution in [0, 0.1) is 5.95 Å². The molecule has 0 fully saturated rings. The van der Waals surface area contributed by atoms with Gasteiger partial charge in [0.2, 0.25) is 5.95 Å². The molecule has 0 atom stereocenters. The fraction of sp³-hybridized carbons (Fsp3) is 0.214. The van der Waals surface area contributed by atoms with Crippen molar-refractivity contribution in [2.45, 2.75) is 6.54 Å². The molecule has 1 N–H and O–H groups in total. The molecule has 0 spiro atoms. The van der Waals surface area contributed by atoms with Gasteiger partial charge >= 0.3 is 0 Å². The Hall–Kier alpha value is -2.54. The number of methoxy groups -OCH3 is 1. The lowest BCUT2D eigenvalue weighted by atomic mass is 10.2. The zero-order chi connectivity index (χ0) is 15.2. The highest BCUT2D eigenvalue weighted by atomic mass is 19.1. The maximum absolute atomic E-state index is 13.0. The van der Waals surface area contributed by atoms with E-state index < -0.39 is 11.9 Å². The molecular formula is C14H14FN3O3. The van der Waals surface area contributed by atoms with Crippen molar-refractivity contribution in [2.24, 2.45) is 0 Å². The minimum absolute atomic E-state index is 0.150. The third kappa shape index (κ3) is 3.96. The van der Waals surface area contributed by atoms with E-state index in [1.165, 1.54) is 42.3 Å². The second kappa shape index (κ2) is 6.76. The van der Waals surface area contributed by atoms with Gasteiger partial charge in [-0.1, -0.05) is 0 Å². The number of ether oxygens (including phenoxy) is 1. The summed E-state index contributed by atoms with van der Waals surface area (Å²) in [6.45, 7) is 0.760. The Morgan fingerprint density at radius 1 is 1.43 bits per heavy atom. The SMILES string of the molecule is COCCn1cc(NC(=O)c2ccnc(F)c2)ccc1=O. The van der Waals surface area contributed by atoms with Crippen LogP contribution in [-0.4, -0.2) is 29.2 Å². The molecule has 110 valence electrons. The van der Waals surface area contributed by atoms with Gasteiger partial charge in [-0.2, -0.15) is 4.39 Å². The van der Waals surface area contributed by atoms with Crippen LogP contribution in [0.15, 0.2) is 41.5 Å². The first-order valence-corrected chi connectivity index (χ1v) is 6.22.